The van der Waals surface area contributed by atoms with Gasteiger partial charge in [0.15, 0.2) is 0 Å². The third kappa shape index (κ3) is 4.23. The van der Waals surface area contributed by atoms with Crippen LogP contribution >= 0.6 is 27.3 Å². The van der Waals surface area contributed by atoms with Gasteiger partial charge in [0.05, 0.1) is 9.89 Å². The van der Waals surface area contributed by atoms with E-state index in [1.54, 1.807) is 11.3 Å². The van der Waals surface area contributed by atoms with Gasteiger partial charge in [-0.15, -0.1) is 11.3 Å². The zero-order valence-corrected chi connectivity index (χ0v) is 11.5. The molecule has 2 N–H and O–H groups in total. The zero-order valence-electron chi connectivity index (χ0n) is 9.07. The molecule has 0 saturated carbocycles. The second-order valence-corrected chi connectivity index (χ2v) is 6.35. The number of hydrogen-bond donors (Lipinski definition) is 2. The quantitative estimate of drug-likeness (QED) is 0.791. The van der Waals surface area contributed by atoms with Gasteiger partial charge in [-0.1, -0.05) is 0 Å². The Morgan fingerprint density at radius 2 is 2.25 bits per heavy atom. The maximum Gasteiger partial charge on any atom is 0.303 e. The molecule has 1 rings (SSSR count). The number of halogens is 1. The van der Waals surface area contributed by atoms with Gasteiger partial charge >= 0.3 is 5.97 Å². The van der Waals surface area contributed by atoms with Gasteiger partial charge in [0.1, 0.15) is 0 Å². The van der Waals surface area contributed by atoms with Crippen molar-refractivity contribution in [3.63, 3.8) is 0 Å². The summed E-state index contributed by atoms with van der Waals surface area (Å²) >= 11 is 4.99. The molecule has 5 heteroatoms. The van der Waals surface area contributed by atoms with Crippen molar-refractivity contribution in [2.24, 2.45) is 0 Å². The Kier molecular flexibility index (Phi) is 5.44. The van der Waals surface area contributed by atoms with Crippen molar-refractivity contribution >= 4 is 33.2 Å². The van der Waals surface area contributed by atoms with Crippen molar-refractivity contribution in [2.45, 2.75) is 38.7 Å². The predicted molar refractivity (Wildman–Crippen MR) is 67.8 cm³/mol. The van der Waals surface area contributed by atoms with Crippen molar-refractivity contribution in [3.8, 4) is 0 Å². The molecule has 0 spiro atoms. The first-order valence-corrected chi connectivity index (χ1v) is 6.77. The molecule has 1 aromatic rings. The highest BCUT2D eigenvalue weighted by Gasteiger charge is 2.13. The highest BCUT2D eigenvalue weighted by molar-refractivity contribution is 9.11. The Labute approximate surface area is 107 Å². The summed E-state index contributed by atoms with van der Waals surface area (Å²) in [5.74, 6) is -0.774. The Balaban J connectivity index is 2.38. The molecule has 0 saturated heterocycles. The van der Waals surface area contributed by atoms with Gasteiger partial charge in [0, 0.05) is 11.3 Å². The van der Waals surface area contributed by atoms with Crippen LogP contribution < -0.4 is 0 Å². The van der Waals surface area contributed by atoms with Crippen LogP contribution in [0.2, 0.25) is 0 Å². The van der Waals surface area contributed by atoms with Gasteiger partial charge in [-0.25, -0.2) is 0 Å². The highest BCUT2D eigenvalue weighted by atomic mass is 79.9. The number of thiophene rings is 1. The minimum absolute atomic E-state index is 0.180. The van der Waals surface area contributed by atoms with E-state index in [-0.39, 0.29) is 6.42 Å². The maximum atomic E-state index is 10.3. The summed E-state index contributed by atoms with van der Waals surface area (Å²) < 4.78 is 1.02. The normalized spacial score (nSPS) is 12.7. The summed E-state index contributed by atoms with van der Waals surface area (Å²) in [6.07, 6.45) is 1.68. The lowest BCUT2D eigenvalue weighted by atomic mass is 10.0. The van der Waals surface area contributed by atoms with E-state index in [9.17, 15) is 9.90 Å². The van der Waals surface area contributed by atoms with Crippen molar-refractivity contribution < 1.29 is 15.0 Å². The van der Waals surface area contributed by atoms with Crippen LogP contribution in [-0.4, -0.2) is 16.2 Å². The number of unbranched alkanes of at least 4 members (excludes halogenated alkanes) is 1. The van der Waals surface area contributed by atoms with E-state index in [0.717, 1.165) is 20.6 Å². The second kappa shape index (κ2) is 6.37. The summed E-state index contributed by atoms with van der Waals surface area (Å²) in [7, 11) is 0. The summed E-state index contributed by atoms with van der Waals surface area (Å²) in [5.41, 5.74) is 0.951. The fourth-order valence-electron chi connectivity index (χ4n) is 1.56. The molecule has 0 aliphatic heterocycles. The highest BCUT2D eigenvalue weighted by Crippen LogP contribution is 2.32. The van der Waals surface area contributed by atoms with Gasteiger partial charge in [0.2, 0.25) is 0 Å². The molecule has 1 heterocycles. The number of carbonyl (C=O) groups is 1. The molecule has 0 fully saturated rings. The molecule has 1 aromatic heterocycles. The van der Waals surface area contributed by atoms with Crippen LogP contribution in [0.25, 0.3) is 0 Å². The van der Waals surface area contributed by atoms with Crippen molar-refractivity contribution in [3.05, 3.63) is 20.3 Å². The number of carboxylic acids is 1. The third-order valence-corrected chi connectivity index (χ3v) is 3.97. The van der Waals surface area contributed by atoms with E-state index in [1.165, 1.54) is 0 Å². The molecule has 1 atom stereocenters. The topological polar surface area (TPSA) is 57.5 Å². The number of aryl methyl sites for hydroxylation is 1. The molecule has 0 aliphatic carbocycles. The summed E-state index contributed by atoms with van der Waals surface area (Å²) in [6.45, 7) is 1.98. The van der Waals surface area contributed by atoms with Gasteiger partial charge in [-0.2, -0.15) is 0 Å². The van der Waals surface area contributed by atoms with Crippen LogP contribution in [0, 0.1) is 6.92 Å². The van der Waals surface area contributed by atoms with Crippen LogP contribution in [0.4, 0.5) is 0 Å². The van der Waals surface area contributed by atoms with Crippen LogP contribution in [0.15, 0.2) is 9.85 Å². The van der Waals surface area contributed by atoms with Crippen molar-refractivity contribution in [2.75, 3.05) is 0 Å². The standard InChI is InChI=1S/C11H15BrO3S/c1-7-8(6-10(12)16-7)9(13)4-2-3-5-11(14)15/h6,9,13H,2-5H2,1H3,(H,14,15). The number of aliphatic carboxylic acids is 1. The molecule has 0 amide bonds. The number of rotatable bonds is 6. The largest absolute Gasteiger partial charge is 0.481 e. The van der Waals surface area contributed by atoms with Gasteiger partial charge < -0.3 is 10.2 Å². The zero-order chi connectivity index (χ0) is 12.1. The van der Waals surface area contributed by atoms with Gasteiger partial charge in [-0.05, 0) is 53.7 Å². The first-order valence-electron chi connectivity index (χ1n) is 5.16. The fourth-order valence-corrected chi connectivity index (χ4v) is 3.33. The van der Waals surface area contributed by atoms with E-state index in [2.05, 4.69) is 15.9 Å². The van der Waals surface area contributed by atoms with E-state index >= 15 is 0 Å². The Hall–Kier alpha value is -0.390. The van der Waals surface area contributed by atoms with Crippen molar-refractivity contribution in [1.29, 1.82) is 0 Å². The lowest BCUT2D eigenvalue weighted by Crippen LogP contribution is -1.99. The molecule has 3 nitrogen and oxygen atoms in total. The van der Waals surface area contributed by atoms with Crippen LogP contribution in [0.5, 0.6) is 0 Å². The monoisotopic (exact) mass is 306 g/mol. The molecule has 16 heavy (non-hydrogen) atoms. The van der Waals surface area contributed by atoms with Crippen LogP contribution in [-0.2, 0) is 4.79 Å². The van der Waals surface area contributed by atoms with Crippen molar-refractivity contribution in [1.82, 2.24) is 0 Å². The predicted octanol–water partition coefficient (Wildman–Crippen LogP) is 3.50. The molecule has 0 bridgehead atoms. The molecule has 1 unspecified atom stereocenters. The minimum atomic E-state index is -0.774. The number of aliphatic hydroxyl groups is 1. The van der Waals surface area contributed by atoms with Crippen LogP contribution in [0.1, 0.15) is 42.2 Å². The Bertz CT molecular complexity index is 362. The second-order valence-electron chi connectivity index (χ2n) is 3.72. The lowest BCUT2D eigenvalue weighted by Gasteiger charge is -2.09. The Morgan fingerprint density at radius 1 is 1.56 bits per heavy atom. The number of carboxylic acid groups (broad SMARTS) is 1. The van der Waals surface area contributed by atoms with Crippen LogP contribution in [0.3, 0.4) is 0 Å². The average Bonchev–Trinajstić information content (AvgIpc) is 2.52. The average molecular weight is 307 g/mol. The molecular formula is C11H15BrO3S. The molecule has 0 aliphatic rings. The van der Waals surface area contributed by atoms with Gasteiger partial charge in [-0.3, -0.25) is 4.79 Å². The third-order valence-electron chi connectivity index (χ3n) is 2.40. The number of hydrogen-bond acceptors (Lipinski definition) is 3. The fraction of sp³-hybridized carbons (Fsp3) is 0.545. The van der Waals surface area contributed by atoms with E-state index in [0.29, 0.717) is 12.8 Å². The summed E-state index contributed by atoms with van der Waals surface area (Å²) in [4.78, 5) is 11.4. The van der Waals surface area contributed by atoms with E-state index < -0.39 is 12.1 Å². The first-order chi connectivity index (χ1) is 7.50. The molecular weight excluding hydrogens is 292 g/mol. The smallest absolute Gasteiger partial charge is 0.303 e. The molecule has 0 radical (unpaired) electrons. The molecule has 0 aromatic carbocycles. The van der Waals surface area contributed by atoms with Gasteiger partial charge in [0.25, 0.3) is 0 Å². The van der Waals surface area contributed by atoms with E-state index in [1.807, 2.05) is 13.0 Å². The van der Waals surface area contributed by atoms with E-state index in [4.69, 9.17) is 5.11 Å². The minimum Gasteiger partial charge on any atom is -0.481 e. The number of aliphatic hydroxyl groups excluding tert-OH is 1. The first kappa shape index (κ1) is 13.7. The molecule has 90 valence electrons. The SMILES string of the molecule is Cc1sc(Br)cc1C(O)CCCCC(=O)O. The lowest BCUT2D eigenvalue weighted by molar-refractivity contribution is -0.137. The maximum absolute atomic E-state index is 10.3. The summed E-state index contributed by atoms with van der Waals surface area (Å²) in [5, 5.41) is 18.4. The summed E-state index contributed by atoms with van der Waals surface area (Å²) in [6, 6.07) is 1.93. The Morgan fingerprint density at radius 3 is 2.75 bits per heavy atom.